The fourth-order valence-corrected chi connectivity index (χ4v) is 6.00. The number of methoxy groups -OCH3 is 2. The van der Waals surface area contributed by atoms with E-state index in [0.717, 1.165) is 15.6 Å². The highest BCUT2D eigenvalue weighted by atomic mass is 35.5. The van der Waals surface area contributed by atoms with Crippen LogP contribution < -0.4 is 9.47 Å². The van der Waals surface area contributed by atoms with Gasteiger partial charge in [0.2, 0.25) is 0 Å². The molecular weight excluding hydrogens is 644 g/mol. The maximum Gasteiger partial charge on any atom is 0.335 e. The van der Waals surface area contributed by atoms with Crippen LogP contribution in [-0.4, -0.2) is 88.1 Å². The van der Waals surface area contributed by atoms with Crippen molar-refractivity contribution in [2.24, 2.45) is 0 Å². The Morgan fingerprint density at radius 3 is 2.20 bits per heavy atom. The van der Waals surface area contributed by atoms with E-state index in [9.17, 15) is 25.2 Å². The number of aliphatic carboxylic acids is 1. The molecule has 246 valence electrons. The van der Waals surface area contributed by atoms with E-state index < -0.39 is 48.9 Å². The van der Waals surface area contributed by atoms with Crippen LogP contribution in [0.1, 0.15) is 35.5 Å². The molecule has 3 heterocycles. The average Bonchev–Trinajstić information content (AvgIpc) is 3.72. The minimum Gasteiger partial charge on any atom is -0.495 e. The average molecular weight is 677 g/mol. The highest BCUT2D eigenvalue weighted by molar-refractivity contribution is 7.14. The van der Waals surface area contributed by atoms with Crippen molar-refractivity contribution in [3.8, 4) is 33.4 Å². The van der Waals surface area contributed by atoms with E-state index in [4.69, 9.17) is 39.7 Å². The van der Waals surface area contributed by atoms with Crippen LogP contribution in [0.3, 0.4) is 0 Å². The number of aliphatic hydroxyl groups is 3. The topological polar surface area (TPSA) is 183 Å². The summed E-state index contributed by atoms with van der Waals surface area (Å²) >= 11 is 7.80. The number of halogens is 1. The lowest BCUT2D eigenvalue weighted by Crippen LogP contribution is -2.60. The lowest BCUT2D eigenvalue weighted by Gasteiger charge is -2.40. The maximum atomic E-state index is 11.8. The Morgan fingerprint density at radius 1 is 0.957 bits per heavy atom. The second kappa shape index (κ2) is 14.4. The summed E-state index contributed by atoms with van der Waals surface area (Å²) in [6.45, 7) is 3.88. The van der Waals surface area contributed by atoms with E-state index in [1.807, 2.05) is 31.2 Å². The maximum absolute atomic E-state index is 11.8. The lowest BCUT2D eigenvalue weighted by atomic mass is 9.98. The van der Waals surface area contributed by atoms with Gasteiger partial charge in [-0.3, -0.25) is 0 Å². The molecule has 1 aliphatic rings. The van der Waals surface area contributed by atoms with Gasteiger partial charge < -0.3 is 48.5 Å². The predicted octanol–water partition coefficient (Wildman–Crippen LogP) is 4.17. The summed E-state index contributed by atoms with van der Waals surface area (Å²) in [6, 6.07) is 14.0. The summed E-state index contributed by atoms with van der Waals surface area (Å²) in [5, 5.41) is 51.2. The van der Waals surface area contributed by atoms with Crippen molar-refractivity contribution in [3.63, 3.8) is 0 Å². The molecule has 0 saturated carbocycles. The molecule has 15 heteroatoms. The van der Waals surface area contributed by atoms with Crippen LogP contribution >= 0.6 is 22.9 Å². The molecule has 1 aliphatic heterocycles. The first-order chi connectivity index (χ1) is 22.1. The smallest absolute Gasteiger partial charge is 0.335 e. The normalized spacial score (nSPS) is 22.7. The van der Waals surface area contributed by atoms with Gasteiger partial charge in [-0.2, -0.15) is 0 Å². The third-order valence-corrected chi connectivity index (χ3v) is 8.62. The molecule has 0 amide bonds. The number of carbonyl (C=O) groups is 1. The summed E-state index contributed by atoms with van der Waals surface area (Å²) in [5.74, 6) is -0.249. The van der Waals surface area contributed by atoms with E-state index in [1.165, 1.54) is 25.6 Å². The number of hydrogen-bond acceptors (Lipinski definition) is 13. The van der Waals surface area contributed by atoms with E-state index in [1.54, 1.807) is 31.2 Å². The summed E-state index contributed by atoms with van der Waals surface area (Å²) in [6.07, 6.45) is -11.2. The SMILES string of the molecule is CCOC(c1ccc(-c2nnc(C)s2)cc1)C(O[C@H]1O[C@H](C(=O)O)[C@@H](O)[C@H](O)[C@H]1O)c1ccc(-c2cc(OC)c(Cl)c(OC)c2)o1. The van der Waals surface area contributed by atoms with Crippen LogP contribution in [0.4, 0.5) is 0 Å². The number of hydrogen-bond donors (Lipinski definition) is 4. The number of carboxylic acids is 1. The lowest BCUT2D eigenvalue weighted by molar-refractivity contribution is -0.314. The molecule has 7 atom stereocenters. The number of aromatic nitrogens is 2. The van der Waals surface area contributed by atoms with Crippen molar-refractivity contribution >= 4 is 28.9 Å². The zero-order valence-electron chi connectivity index (χ0n) is 25.2. The molecule has 2 aromatic heterocycles. The molecule has 1 fully saturated rings. The Bertz CT molecular complexity index is 1620. The first-order valence-electron chi connectivity index (χ1n) is 14.2. The van der Waals surface area contributed by atoms with Gasteiger partial charge in [-0.25, -0.2) is 4.79 Å². The number of benzene rings is 2. The molecule has 4 aromatic rings. The Hall–Kier alpha value is -3.60. The first kappa shape index (κ1) is 33.8. The summed E-state index contributed by atoms with van der Waals surface area (Å²) in [4.78, 5) is 11.8. The van der Waals surface area contributed by atoms with Crippen molar-refractivity contribution in [2.45, 2.75) is 56.8 Å². The number of aryl methyl sites for hydroxylation is 1. The van der Waals surface area contributed by atoms with E-state index in [0.29, 0.717) is 28.4 Å². The van der Waals surface area contributed by atoms with Gasteiger partial charge in [0.25, 0.3) is 0 Å². The molecule has 0 spiro atoms. The number of rotatable bonds is 12. The van der Waals surface area contributed by atoms with Gasteiger partial charge in [0, 0.05) is 17.7 Å². The van der Waals surface area contributed by atoms with Gasteiger partial charge >= 0.3 is 5.97 Å². The number of carboxylic acid groups (broad SMARTS) is 1. The van der Waals surface area contributed by atoms with Crippen molar-refractivity contribution < 1.29 is 53.3 Å². The van der Waals surface area contributed by atoms with Crippen LogP contribution in [0.2, 0.25) is 5.02 Å². The van der Waals surface area contributed by atoms with E-state index >= 15 is 0 Å². The van der Waals surface area contributed by atoms with Crippen molar-refractivity contribution in [3.05, 3.63) is 69.9 Å². The summed E-state index contributed by atoms with van der Waals surface area (Å²) < 4.78 is 34.9. The molecule has 0 aliphatic carbocycles. The Labute approximate surface area is 272 Å². The molecule has 0 radical (unpaired) electrons. The first-order valence-corrected chi connectivity index (χ1v) is 15.4. The van der Waals surface area contributed by atoms with E-state index in [-0.39, 0.29) is 17.4 Å². The number of ether oxygens (including phenoxy) is 5. The highest BCUT2D eigenvalue weighted by Crippen LogP contribution is 2.43. The Morgan fingerprint density at radius 2 is 1.63 bits per heavy atom. The van der Waals surface area contributed by atoms with Gasteiger partial charge in [0.15, 0.2) is 12.4 Å². The van der Waals surface area contributed by atoms with E-state index in [2.05, 4.69) is 10.2 Å². The Kier molecular flexibility index (Phi) is 10.6. The van der Waals surface area contributed by atoms with Crippen molar-refractivity contribution in [1.29, 1.82) is 0 Å². The monoisotopic (exact) mass is 676 g/mol. The standard InChI is InChI=1S/C31H33ClN2O11S/c1-5-42-26(15-6-8-16(9-7-15)29-34-33-14(2)46-29)27(44-31-25(37)23(35)24(36)28(45-31)30(38)39)19-11-10-18(43-19)17-12-20(40-3)22(32)21(13-17)41-4/h6-13,23-28,31,35-37H,5H2,1-4H3,(H,38,39)/t23-,24-,25+,26?,27?,28-,31-/m0/s1. The minimum atomic E-state index is -1.89. The molecule has 0 bridgehead atoms. The number of nitrogens with zero attached hydrogens (tertiary/aromatic N) is 2. The second-order valence-electron chi connectivity index (χ2n) is 10.3. The number of furan rings is 1. The quantitative estimate of drug-likeness (QED) is 0.168. The van der Waals surface area contributed by atoms with Crippen LogP contribution in [-0.2, 0) is 19.0 Å². The van der Waals surface area contributed by atoms with Crippen LogP contribution in [0, 0.1) is 6.92 Å². The number of aliphatic hydroxyl groups excluding tert-OH is 3. The van der Waals surface area contributed by atoms with Crippen LogP contribution in [0.15, 0.2) is 52.9 Å². The third-order valence-electron chi connectivity index (χ3n) is 7.36. The van der Waals surface area contributed by atoms with Gasteiger partial charge in [-0.05, 0) is 43.7 Å². The van der Waals surface area contributed by atoms with Crippen LogP contribution in [0.5, 0.6) is 11.5 Å². The fourth-order valence-electron chi connectivity index (χ4n) is 5.04. The zero-order chi connectivity index (χ0) is 33.1. The third kappa shape index (κ3) is 6.89. The van der Waals surface area contributed by atoms with Gasteiger partial charge in [0.05, 0.1) is 14.2 Å². The zero-order valence-corrected chi connectivity index (χ0v) is 26.8. The van der Waals surface area contributed by atoms with Gasteiger partial charge in [-0.15, -0.1) is 10.2 Å². The van der Waals surface area contributed by atoms with Gasteiger partial charge in [0.1, 0.15) is 68.6 Å². The predicted molar refractivity (Wildman–Crippen MR) is 165 cm³/mol. The summed E-state index contributed by atoms with van der Waals surface area (Å²) in [5.41, 5.74) is 2.04. The molecule has 5 rings (SSSR count). The molecule has 1 saturated heterocycles. The van der Waals surface area contributed by atoms with Crippen LogP contribution in [0.25, 0.3) is 21.9 Å². The minimum absolute atomic E-state index is 0.216. The molecular formula is C31H33ClN2O11S. The molecule has 4 N–H and O–H groups in total. The van der Waals surface area contributed by atoms with Gasteiger partial charge in [-0.1, -0.05) is 47.2 Å². The fraction of sp³-hybridized carbons (Fsp3) is 0.387. The summed E-state index contributed by atoms with van der Waals surface area (Å²) in [7, 11) is 2.94. The molecule has 2 unspecified atom stereocenters. The highest BCUT2D eigenvalue weighted by Gasteiger charge is 2.49. The largest absolute Gasteiger partial charge is 0.495 e. The second-order valence-corrected chi connectivity index (χ2v) is 11.9. The molecule has 13 nitrogen and oxygen atoms in total. The Balaban J connectivity index is 1.56. The molecule has 2 aromatic carbocycles. The molecule has 46 heavy (non-hydrogen) atoms. The van der Waals surface area contributed by atoms with Crippen molar-refractivity contribution in [2.75, 3.05) is 20.8 Å². The van der Waals surface area contributed by atoms with Crippen molar-refractivity contribution in [1.82, 2.24) is 10.2 Å².